The molecule has 19 heavy (non-hydrogen) atoms. The summed E-state index contributed by atoms with van der Waals surface area (Å²) in [4.78, 5) is 0. The zero-order valence-corrected chi connectivity index (χ0v) is 11.2. The molecule has 0 saturated carbocycles. The zero-order valence-electron chi connectivity index (χ0n) is 11.2. The van der Waals surface area contributed by atoms with Gasteiger partial charge in [-0.15, -0.1) is 0 Å². The molecule has 2 aromatic carbocycles. The number of anilines is 1. The fourth-order valence-corrected chi connectivity index (χ4v) is 1.16. The van der Waals surface area contributed by atoms with Gasteiger partial charge >= 0.3 is 7.32 Å². The molecule has 2 aromatic rings. The quantitative estimate of drug-likeness (QED) is 0.428. The number of aryl methyl sites for hydroxylation is 1. The maximum absolute atomic E-state index is 7.17. The Labute approximate surface area is 114 Å². The first-order valence-electron chi connectivity index (χ1n) is 5.81. The van der Waals surface area contributed by atoms with E-state index in [1.165, 1.54) is 11.1 Å². The van der Waals surface area contributed by atoms with Gasteiger partial charge in [0.15, 0.2) is 0 Å². The number of benzene rings is 2. The molecule has 5 N–H and O–H groups in total. The minimum atomic E-state index is -2.17. The molecule has 0 heterocycles. The van der Waals surface area contributed by atoms with Crippen LogP contribution in [-0.4, -0.2) is 22.4 Å². The Morgan fingerprint density at radius 2 is 1.16 bits per heavy atom. The van der Waals surface area contributed by atoms with Crippen LogP contribution in [0.1, 0.15) is 11.1 Å². The fourth-order valence-electron chi connectivity index (χ4n) is 1.16. The van der Waals surface area contributed by atoms with Crippen molar-refractivity contribution in [1.82, 2.24) is 0 Å². The number of rotatable bonds is 0. The molecule has 0 radical (unpaired) electrons. The Kier molecular flexibility index (Phi) is 9.17. The highest BCUT2D eigenvalue weighted by Crippen LogP contribution is 2.13. The van der Waals surface area contributed by atoms with E-state index in [0.29, 0.717) is 0 Å². The summed E-state index contributed by atoms with van der Waals surface area (Å²) in [6.45, 7) is 4.09. The average Bonchev–Trinajstić information content (AvgIpc) is 2.38. The molecule has 0 saturated heterocycles. The molecule has 5 heteroatoms. The van der Waals surface area contributed by atoms with Gasteiger partial charge in [0.2, 0.25) is 0 Å². The first-order valence-corrected chi connectivity index (χ1v) is 5.81. The van der Waals surface area contributed by atoms with Crippen LogP contribution >= 0.6 is 0 Å². The van der Waals surface area contributed by atoms with Crippen molar-refractivity contribution < 1.29 is 15.1 Å². The van der Waals surface area contributed by atoms with Crippen molar-refractivity contribution in [3.63, 3.8) is 0 Å². The molecule has 0 aliphatic rings. The van der Waals surface area contributed by atoms with Gasteiger partial charge in [-0.2, -0.15) is 0 Å². The van der Waals surface area contributed by atoms with Crippen molar-refractivity contribution in [2.75, 3.05) is 5.73 Å². The minimum absolute atomic E-state index is 0.884. The Hall–Kier alpha value is -1.82. The number of hydrogen-bond acceptors (Lipinski definition) is 4. The molecule has 2 rings (SSSR count). The molecule has 0 aliphatic heterocycles. The van der Waals surface area contributed by atoms with E-state index in [1.807, 2.05) is 55.5 Å². The molecule has 0 aromatic heterocycles. The van der Waals surface area contributed by atoms with E-state index in [0.717, 1.165) is 5.69 Å². The molecule has 102 valence electrons. The van der Waals surface area contributed by atoms with E-state index < -0.39 is 7.32 Å². The van der Waals surface area contributed by atoms with Gasteiger partial charge in [-0.05, 0) is 31.0 Å². The van der Waals surface area contributed by atoms with Gasteiger partial charge in [0.05, 0.1) is 0 Å². The Bertz CT molecular complexity index is 400. The molecule has 0 fully saturated rings. The van der Waals surface area contributed by atoms with Gasteiger partial charge in [-0.3, -0.25) is 0 Å². The maximum Gasteiger partial charge on any atom is 0.631 e. The van der Waals surface area contributed by atoms with Crippen LogP contribution in [0.15, 0.2) is 54.6 Å². The third kappa shape index (κ3) is 9.85. The van der Waals surface area contributed by atoms with E-state index >= 15 is 0 Å². The predicted octanol–water partition coefficient (Wildman–Crippen LogP) is 1.52. The molecule has 0 spiro atoms. The minimum Gasteiger partial charge on any atom is -0.402 e. The summed E-state index contributed by atoms with van der Waals surface area (Å²) in [5.41, 5.74) is 8.96. The number of nitrogens with two attached hydrogens (primary N) is 1. The van der Waals surface area contributed by atoms with Crippen LogP contribution in [-0.2, 0) is 0 Å². The Morgan fingerprint density at radius 1 is 0.789 bits per heavy atom. The monoisotopic (exact) mass is 261 g/mol. The lowest BCUT2D eigenvalue weighted by molar-refractivity contribution is 0.278. The van der Waals surface area contributed by atoms with Crippen LogP contribution in [0.3, 0.4) is 0 Å². The standard InChI is InChI=1S/C8H11N.C6H6.BH3O3/c1-6-4-3-5-8(9)7(6)2;1-2-4-6-5-3-1;2-1(3)4/h3-5H,9H2,1-2H3;1-6H;2-4H. The molecule has 0 bridgehead atoms. The van der Waals surface area contributed by atoms with E-state index in [1.54, 1.807) is 0 Å². The highest BCUT2D eigenvalue weighted by atomic mass is 16.5. The molecular formula is C14H20BNO3. The smallest absolute Gasteiger partial charge is 0.402 e. The van der Waals surface area contributed by atoms with Crippen molar-refractivity contribution in [3.8, 4) is 0 Å². The highest BCUT2D eigenvalue weighted by molar-refractivity contribution is 6.30. The SMILES string of the molecule is Cc1cccc(N)c1C.OB(O)O.c1ccccc1. The van der Waals surface area contributed by atoms with Crippen LogP contribution in [0.5, 0.6) is 0 Å². The zero-order chi connectivity index (χ0) is 14.7. The third-order valence-electron chi connectivity index (χ3n) is 2.31. The number of hydrogen-bond donors (Lipinski definition) is 4. The topological polar surface area (TPSA) is 86.7 Å². The molecule has 0 amide bonds. The largest absolute Gasteiger partial charge is 0.631 e. The Morgan fingerprint density at radius 3 is 1.42 bits per heavy atom. The normalized spacial score (nSPS) is 8.47. The van der Waals surface area contributed by atoms with Crippen LogP contribution in [0, 0.1) is 13.8 Å². The van der Waals surface area contributed by atoms with Crippen LogP contribution in [0.4, 0.5) is 5.69 Å². The molecule has 0 unspecified atom stereocenters. The van der Waals surface area contributed by atoms with Gasteiger partial charge in [0.25, 0.3) is 0 Å². The molecule has 4 nitrogen and oxygen atoms in total. The highest BCUT2D eigenvalue weighted by Gasteiger charge is 1.93. The average molecular weight is 261 g/mol. The van der Waals surface area contributed by atoms with E-state index in [2.05, 4.69) is 13.0 Å². The van der Waals surface area contributed by atoms with Crippen molar-refractivity contribution in [3.05, 3.63) is 65.7 Å². The number of nitrogen functional groups attached to an aromatic ring is 1. The summed E-state index contributed by atoms with van der Waals surface area (Å²) < 4.78 is 0. The summed E-state index contributed by atoms with van der Waals surface area (Å²) in [6, 6.07) is 18.0. The van der Waals surface area contributed by atoms with Crippen LogP contribution in [0.2, 0.25) is 0 Å². The summed E-state index contributed by atoms with van der Waals surface area (Å²) in [6.07, 6.45) is 0. The van der Waals surface area contributed by atoms with Crippen molar-refractivity contribution >= 4 is 13.0 Å². The molecular weight excluding hydrogens is 241 g/mol. The summed E-state index contributed by atoms with van der Waals surface area (Å²) in [7, 11) is -2.17. The lowest BCUT2D eigenvalue weighted by Gasteiger charge is -2.00. The van der Waals surface area contributed by atoms with Gasteiger partial charge < -0.3 is 20.8 Å². The lowest BCUT2D eigenvalue weighted by Crippen LogP contribution is -2.07. The van der Waals surface area contributed by atoms with E-state index in [9.17, 15) is 0 Å². The van der Waals surface area contributed by atoms with Gasteiger partial charge in [-0.25, -0.2) is 0 Å². The summed E-state index contributed by atoms with van der Waals surface area (Å²) in [5, 5.41) is 21.5. The van der Waals surface area contributed by atoms with Crippen molar-refractivity contribution in [2.45, 2.75) is 13.8 Å². The second-order valence-electron chi connectivity index (χ2n) is 3.79. The van der Waals surface area contributed by atoms with Crippen molar-refractivity contribution in [2.24, 2.45) is 0 Å². The van der Waals surface area contributed by atoms with Crippen molar-refractivity contribution in [1.29, 1.82) is 0 Å². The molecule has 0 aliphatic carbocycles. The van der Waals surface area contributed by atoms with Gasteiger partial charge in [0.1, 0.15) is 0 Å². The lowest BCUT2D eigenvalue weighted by atomic mass is 10.1. The third-order valence-corrected chi connectivity index (χ3v) is 2.31. The predicted molar refractivity (Wildman–Crippen MR) is 79.2 cm³/mol. The Balaban J connectivity index is 0.000000281. The van der Waals surface area contributed by atoms with Gasteiger partial charge in [0, 0.05) is 5.69 Å². The van der Waals surface area contributed by atoms with E-state index in [-0.39, 0.29) is 0 Å². The summed E-state index contributed by atoms with van der Waals surface area (Å²) in [5.74, 6) is 0. The first-order chi connectivity index (χ1) is 8.95. The van der Waals surface area contributed by atoms with Crippen LogP contribution in [0.25, 0.3) is 0 Å². The van der Waals surface area contributed by atoms with Gasteiger partial charge in [-0.1, -0.05) is 48.5 Å². The first kappa shape index (κ1) is 17.2. The van der Waals surface area contributed by atoms with E-state index in [4.69, 9.17) is 20.8 Å². The fraction of sp³-hybridized carbons (Fsp3) is 0.143. The second-order valence-corrected chi connectivity index (χ2v) is 3.79. The molecule has 0 atom stereocenters. The summed E-state index contributed by atoms with van der Waals surface area (Å²) >= 11 is 0. The maximum atomic E-state index is 7.17. The second kappa shape index (κ2) is 10.1. The van der Waals surface area contributed by atoms with Crippen LogP contribution < -0.4 is 5.73 Å².